The third kappa shape index (κ3) is 5.85. The van der Waals surface area contributed by atoms with Gasteiger partial charge in [0, 0.05) is 43.9 Å². The maximum absolute atomic E-state index is 13.3. The van der Waals surface area contributed by atoms with E-state index in [0.29, 0.717) is 50.9 Å². The zero-order valence-electron chi connectivity index (χ0n) is 20.3. The Morgan fingerprint density at radius 2 is 1.66 bits per heavy atom. The van der Waals surface area contributed by atoms with Gasteiger partial charge in [-0.15, -0.1) is 0 Å². The van der Waals surface area contributed by atoms with E-state index in [-0.39, 0.29) is 27.5 Å². The van der Waals surface area contributed by atoms with Gasteiger partial charge in [0.25, 0.3) is 5.91 Å². The van der Waals surface area contributed by atoms with E-state index in [1.54, 1.807) is 0 Å². The van der Waals surface area contributed by atoms with E-state index in [0.717, 1.165) is 0 Å². The number of likely N-dealkylation sites (N-methyl/N-ethyl adjacent to an activating group) is 1. The summed E-state index contributed by atoms with van der Waals surface area (Å²) in [5.41, 5.74) is 0.516. The van der Waals surface area contributed by atoms with Crippen LogP contribution in [0.4, 0.5) is 5.69 Å². The highest BCUT2D eigenvalue weighted by Gasteiger charge is 2.31. The van der Waals surface area contributed by atoms with Crippen molar-refractivity contribution in [2.75, 3.05) is 58.9 Å². The zero-order valence-corrected chi connectivity index (χ0v) is 21.1. The van der Waals surface area contributed by atoms with Crippen LogP contribution in [0.2, 0.25) is 0 Å². The lowest BCUT2D eigenvalue weighted by atomic mass is 10.1. The van der Waals surface area contributed by atoms with E-state index in [1.165, 1.54) is 41.7 Å². The Bertz CT molecular complexity index is 1220. The first-order chi connectivity index (χ1) is 16.7. The van der Waals surface area contributed by atoms with E-state index in [4.69, 9.17) is 14.2 Å². The molecule has 0 bridgehead atoms. The maximum Gasteiger partial charge on any atom is 0.255 e. The van der Waals surface area contributed by atoms with Crippen molar-refractivity contribution in [2.24, 2.45) is 0 Å². The fraction of sp³-hybridized carbons (Fsp3) is 0.417. The first-order valence-corrected chi connectivity index (χ1v) is 12.7. The number of nitrogens with one attached hydrogen (secondary N) is 1. The summed E-state index contributed by atoms with van der Waals surface area (Å²) in [6, 6.07) is 9.29. The van der Waals surface area contributed by atoms with Crippen LogP contribution in [0.1, 0.15) is 29.8 Å². The number of carbonyl (C=O) groups excluding carboxylic acids is 1. The van der Waals surface area contributed by atoms with Gasteiger partial charge >= 0.3 is 0 Å². The van der Waals surface area contributed by atoms with Crippen LogP contribution in [-0.2, 0) is 10.0 Å². The molecule has 0 spiro atoms. The van der Waals surface area contributed by atoms with Crippen LogP contribution in [0, 0.1) is 11.3 Å². The lowest BCUT2D eigenvalue weighted by Gasteiger charge is -2.31. The van der Waals surface area contributed by atoms with Gasteiger partial charge in [0.15, 0.2) is 11.5 Å². The molecule has 1 fully saturated rings. The maximum atomic E-state index is 13.3. The fourth-order valence-electron chi connectivity index (χ4n) is 3.67. The molecule has 10 nitrogen and oxygen atoms in total. The molecule has 1 amide bonds. The molecule has 0 unspecified atom stereocenters. The fourth-order valence-corrected chi connectivity index (χ4v) is 5.28. The molecular formula is C24H30N4O6S. The summed E-state index contributed by atoms with van der Waals surface area (Å²) in [7, 11) is -0.568. The van der Waals surface area contributed by atoms with Gasteiger partial charge in [0.2, 0.25) is 10.0 Å². The number of amides is 1. The van der Waals surface area contributed by atoms with E-state index in [1.807, 2.05) is 31.9 Å². The normalized spacial score (nSPS) is 14.7. The summed E-state index contributed by atoms with van der Waals surface area (Å²) in [5, 5.41) is 12.3. The highest BCUT2D eigenvalue weighted by molar-refractivity contribution is 7.89. The molecule has 1 saturated heterocycles. The summed E-state index contributed by atoms with van der Waals surface area (Å²) >= 11 is 0. The van der Waals surface area contributed by atoms with Crippen LogP contribution >= 0.6 is 0 Å². The van der Waals surface area contributed by atoms with Crippen molar-refractivity contribution in [3.8, 4) is 23.3 Å². The largest absolute Gasteiger partial charge is 0.495 e. The molecule has 0 atom stereocenters. The van der Waals surface area contributed by atoms with Crippen LogP contribution in [0.25, 0.3) is 0 Å². The van der Waals surface area contributed by atoms with Gasteiger partial charge in [0.1, 0.15) is 16.7 Å². The molecule has 1 heterocycles. The van der Waals surface area contributed by atoms with E-state index >= 15 is 0 Å². The van der Waals surface area contributed by atoms with Gasteiger partial charge < -0.3 is 24.4 Å². The predicted octanol–water partition coefficient (Wildman–Crippen LogP) is 2.55. The number of nitriles is 1. The van der Waals surface area contributed by atoms with E-state index in [2.05, 4.69) is 5.32 Å². The topological polar surface area (TPSA) is 121 Å². The van der Waals surface area contributed by atoms with Crippen molar-refractivity contribution >= 4 is 21.6 Å². The number of methoxy groups -OCH3 is 1. The van der Waals surface area contributed by atoms with Crippen LogP contribution in [0.5, 0.6) is 17.2 Å². The highest BCUT2D eigenvalue weighted by atomic mass is 32.2. The third-order valence-corrected chi connectivity index (χ3v) is 7.48. The average Bonchev–Trinajstić information content (AvgIpc) is 2.85. The summed E-state index contributed by atoms with van der Waals surface area (Å²) in [6.45, 7) is 6.28. The third-order valence-electron chi connectivity index (χ3n) is 5.56. The molecule has 0 aliphatic carbocycles. The van der Waals surface area contributed by atoms with Crippen LogP contribution in [0.3, 0.4) is 0 Å². The first-order valence-electron chi connectivity index (χ1n) is 11.3. The number of anilines is 1. The molecule has 0 radical (unpaired) electrons. The van der Waals surface area contributed by atoms with Crippen molar-refractivity contribution in [1.82, 2.24) is 9.21 Å². The summed E-state index contributed by atoms with van der Waals surface area (Å²) in [6.07, 6.45) is 0. The van der Waals surface area contributed by atoms with E-state index in [9.17, 15) is 18.5 Å². The number of carbonyl (C=O) groups is 1. The SMILES string of the molecule is CCOc1cc(C#N)c(NC(=O)c2ccc(OC)c(S(=O)(=O)N3CCN(C)CC3)c2)cc1OCC. The van der Waals surface area contributed by atoms with Gasteiger partial charge in [-0.05, 0) is 39.1 Å². The minimum Gasteiger partial charge on any atom is -0.495 e. The summed E-state index contributed by atoms with van der Waals surface area (Å²) < 4.78 is 44.5. The number of hydrogen-bond acceptors (Lipinski definition) is 8. The number of benzene rings is 2. The molecule has 35 heavy (non-hydrogen) atoms. The van der Waals surface area contributed by atoms with Crippen molar-refractivity contribution in [3.05, 3.63) is 41.5 Å². The first kappa shape index (κ1) is 26.3. The number of ether oxygens (including phenoxy) is 3. The molecule has 2 aromatic rings. The molecule has 0 saturated carbocycles. The Labute approximate surface area is 206 Å². The van der Waals surface area contributed by atoms with Crippen molar-refractivity contribution < 1.29 is 27.4 Å². The molecular weight excluding hydrogens is 472 g/mol. The minimum absolute atomic E-state index is 0.0839. The lowest BCUT2D eigenvalue weighted by Crippen LogP contribution is -2.47. The summed E-state index contributed by atoms with van der Waals surface area (Å²) in [4.78, 5) is 15.1. The Morgan fingerprint density at radius 3 is 2.23 bits per heavy atom. The number of piperazine rings is 1. The Balaban J connectivity index is 1.95. The molecule has 11 heteroatoms. The number of rotatable bonds is 9. The van der Waals surface area contributed by atoms with Crippen molar-refractivity contribution in [1.29, 1.82) is 5.26 Å². The van der Waals surface area contributed by atoms with Gasteiger partial charge in [-0.1, -0.05) is 0 Å². The molecule has 3 rings (SSSR count). The lowest BCUT2D eigenvalue weighted by molar-refractivity contribution is 0.102. The summed E-state index contributed by atoms with van der Waals surface area (Å²) in [5.74, 6) is 0.356. The van der Waals surface area contributed by atoms with Gasteiger partial charge in [0.05, 0.1) is 31.6 Å². The van der Waals surface area contributed by atoms with Crippen LogP contribution in [-0.4, -0.2) is 77.1 Å². The van der Waals surface area contributed by atoms with Crippen molar-refractivity contribution in [3.63, 3.8) is 0 Å². The molecule has 1 aliphatic rings. The van der Waals surface area contributed by atoms with Gasteiger partial charge in [-0.2, -0.15) is 9.57 Å². The number of nitrogens with zero attached hydrogens (tertiary/aromatic N) is 3. The van der Waals surface area contributed by atoms with Crippen LogP contribution in [0.15, 0.2) is 35.2 Å². The van der Waals surface area contributed by atoms with E-state index < -0.39 is 15.9 Å². The average molecular weight is 503 g/mol. The molecule has 1 aliphatic heterocycles. The smallest absolute Gasteiger partial charge is 0.255 e. The quantitative estimate of drug-likeness (QED) is 0.555. The van der Waals surface area contributed by atoms with Crippen LogP contribution < -0.4 is 19.5 Å². The Kier molecular flexibility index (Phi) is 8.56. The molecule has 1 N–H and O–H groups in total. The minimum atomic E-state index is -3.88. The highest BCUT2D eigenvalue weighted by Crippen LogP contribution is 2.34. The predicted molar refractivity (Wildman–Crippen MR) is 131 cm³/mol. The van der Waals surface area contributed by atoms with Gasteiger partial charge in [-0.25, -0.2) is 8.42 Å². The Morgan fingerprint density at radius 1 is 1.03 bits per heavy atom. The monoisotopic (exact) mass is 502 g/mol. The molecule has 2 aromatic carbocycles. The second-order valence-electron chi connectivity index (χ2n) is 7.85. The molecule has 0 aromatic heterocycles. The number of hydrogen-bond donors (Lipinski definition) is 1. The number of sulfonamides is 1. The second kappa shape index (κ2) is 11.4. The molecule has 188 valence electrons. The van der Waals surface area contributed by atoms with Gasteiger partial charge in [-0.3, -0.25) is 4.79 Å². The second-order valence-corrected chi connectivity index (χ2v) is 9.76. The van der Waals surface area contributed by atoms with Crippen molar-refractivity contribution in [2.45, 2.75) is 18.7 Å². The Hall–Kier alpha value is -3.33. The standard InChI is InChI=1S/C24H30N4O6S/c1-5-33-21-13-18(16-25)19(15-22(21)34-6-2)26-24(29)17-7-8-20(32-4)23(14-17)35(30,31)28-11-9-27(3)10-12-28/h7-8,13-15H,5-6,9-12H2,1-4H3,(H,26,29). The zero-order chi connectivity index (χ0) is 25.6.